The molecule has 3 rings (SSSR count). The Bertz CT molecular complexity index is 910. The summed E-state index contributed by atoms with van der Waals surface area (Å²) in [5, 5.41) is 2.38. The number of anilines is 1. The van der Waals surface area contributed by atoms with Gasteiger partial charge < -0.3 is 10.2 Å². The van der Waals surface area contributed by atoms with Gasteiger partial charge in [0.25, 0.3) is 5.91 Å². The highest BCUT2D eigenvalue weighted by Crippen LogP contribution is 2.28. The van der Waals surface area contributed by atoms with Gasteiger partial charge in [0.15, 0.2) is 0 Å². The second-order valence-corrected chi connectivity index (χ2v) is 6.92. The van der Waals surface area contributed by atoms with E-state index in [0.717, 1.165) is 12.1 Å². The predicted octanol–water partition coefficient (Wildman–Crippen LogP) is 4.04. The van der Waals surface area contributed by atoms with E-state index in [0.29, 0.717) is 24.9 Å². The number of alkyl halides is 3. The number of hydrogen-bond acceptors (Lipinski definition) is 3. The minimum atomic E-state index is -4.62. The zero-order chi connectivity index (χ0) is 21.2. The number of aromatic nitrogens is 1. The van der Waals surface area contributed by atoms with Crippen LogP contribution in [0, 0.1) is 18.7 Å². The molecule has 0 unspecified atom stereocenters. The van der Waals surface area contributed by atoms with Crippen LogP contribution in [0.1, 0.15) is 34.5 Å². The Hall–Kier alpha value is -2.97. The van der Waals surface area contributed by atoms with Gasteiger partial charge in [0.1, 0.15) is 17.3 Å². The third-order valence-corrected chi connectivity index (χ3v) is 4.81. The molecule has 1 aromatic heterocycles. The summed E-state index contributed by atoms with van der Waals surface area (Å²) in [6.45, 7) is 2.05. The number of likely N-dealkylation sites (tertiary alicyclic amines) is 1. The fraction of sp³-hybridized carbons (Fsp3) is 0.350. The van der Waals surface area contributed by atoms with Gasteiger partial charge in [-0.15, -0.1) is 0 Å². The molecular weight excluding hydrogens is 390 g/mol. The second kappa shape index (κ2) is 8.18. The number of piperidine rings is 1. The highest BCUT2D eigenvalue weighted by atomic mass is 19.4. The Labute approximate surface area is 164 Å². The summed E-state index contributed by atoms with van der Waals surface area (Å²) in [6, 6.07) is 7.57. The van der Waals surface area contributed by atoms with Crippen LogP contribution in [0.15, 0.2) is 36.4 Å². The van der Waals surface area contributed by atoms with Crippen molar-refractivity contribution in [2.75, 3.05) is 18.4 Å². The van der Waals surface area contributed by atoms with Crippen molar-refractivity contribution in [1.29, 1.82) is 0 Å². The lowest BCUT2D eigenvalue weighted by Gasteiger charge is -2.32. The quantitative estimate of drug-likeness (QED) is 0.779. The van der Waals surface area contributed by atoms with Crippen molar-refractivity contribution in [3.8, 4) is 0 Å². The van der Waals surface area contributed by atoms with Crippen molar-refractivity contribution < 1.29 is 27.2 Å². The number of amides is 2. The minimum absolute atomic E-state index is 0.0342. The number of carbonyl (C=O) groups excluding carboxylic acids is 2. The Morgan fingerprint density at radius 1 is 1.17 bits per heavy atom. The van der Waals surface area contributed by atoms with Gasteiger partial charge in [-0.3, -0.25) is 9.59 Å². The average molecular weight is 409 g/mol. The average Bonchev–Trinajstić information content (AvgIpc) is 2.67. The molecule has 1 aliphatic heterocycles. The molecule has 0 saturated carbocycles. The molecule has 0 aliphatic carbocycles. The summed E-state index contributed by atoms with van der Waals surface area (Å²) in [5.74, 6) is -2.50. The van der Waals surface area contributed by atoms with E-state index in [1.165, 1.54) is 23.1 Å². The first-order chi connectivity index (χ1) is 13.7. The Morgan fingerprint density at radius 3 is 2.59 bits per heavy atom. The molecule has 1 fully saturated rings. The molecule has 9 heteroatoms. The van der Waals surface area contributed by atoms with Crippen LogP contribution < -0.4 is 5.32 Å². The first-order valence-corrected chi connectivity index (χ1v) is 9.06. The first-order valence-electron chi connectivity index (χ1n) is 9.06. The van der Waals surface area contributed by atoms with Gasteiger partial charge in [-0.1, -0.05) is 18.2 Å². The van der Waals surface area contributed by atoms with E-state index in [9.17, 15) is 27.2 Å². The minimum Gasteiger partial charge on any atom is -0.338 e. The monoisotopic (exact) mass is 409 g/mol. The summed E-state index contributed by atoms with van der Waals surface area (Å²) < 4.78 is 52.4. The second-order valence-electron chi connectivity index (χ2n) is 6.92. The van der Waals surface area contributed by atoms with Crippen LogP contribution in [0.25, 0.3) is 0 Å². The van der Waals surface area contributed by atoms with Gasteiger partial charge in [-0.05, 0) is 43.5 Å². The number of halogens is 4. The highest BCUT2D eigenvalue weighted by Gasteiger charge is 2.33. The topological polar surface area (TPSA) is 62.3 Å². The number of benzene rings is 1. The van der Waals surface area contributed by atoms with Gasteiger partial charge >= 0.3 is 6.18 Å². The highest BCUT2D eigenvalue weighted by molar-refractivity contribution is 5.97. The van der Waals surface area contributed by atoms with Crippen molar-refractivity contribution >= 4 is 17.6 Å². The summed E-state index contributed by atoms with van der Waals surface area (Å²) in [7, 11) is 0. The normalized spacial score (nSPS) is 17.1. The molecule has 1 N–H and O–H groups in total. The van der Waals surface area contributed by atoms with Crippen LogP contribution in [-0.2, 0) is 11.0 Å². The maximum Gasteiger partial charge on any atom is 0.433 e. The summed E-state index contributed by atoms with van der Waals surface area (Å²) in [5.41, 5.74) is -0.645. The van der Waals surface area contributed by atoms with Crippen LogP contribution in [0.4, 0.5) is 23.4 Å². The van der Waals surface area contributed by atoms with Crippen molar-refractivity contribution in [2.45, 2.75) is 25.9 Å². The fourth-order valence-corrected chi connectivity index (χ4v) is 3.33. The molecule has 0 radical (unpaired) electrons. The molecule has 0 spiro atoms. The molecule has 1 aromatic carbocycles. The standard InChI is InChI=1S/C20H19F4N3O2/c1-12-5-2-7-14(21)17(12)19(29)27-10-4-6-13(11-27)18(28)26-16-9-3-8-15(25-16)20(22,23)24/h2-3,5,7-9,13H,4,6,10-11H2,1H3,(H,25,26,28)/t13-/m0/s1. The number of nitrogens with one attached hydrogen (secondary N) is 1. The van der Waals surface area contributed by atoms with Crippen LogP contribution in [0.2, 0.25) is 0 Å². The van der Waals surface area contributed by atoms with Gasteiger partial charge in [0.05, 0.1) is 11.5 Å². The van der Waals surface area contributed by atoms with Crippen LogP contribution in [0.5, 0.6) is 0 Å². The number of aryl methyl sites for hydroxylation is 1. The summed E-state index contributed by atoms with van der Waals surface area (Å²) in [6.07, 6.45) is -3.63. The van der Waals surface area contributed by atoms with E-state index in [-0.39, 0.29) is 17.9 Å². The number of carbonyl (C=O) groups is 2. The van der Waals surface area contributed by atoms with Crippen molar-refractivity contribution in [3.05, 3.63) is 59.0 Å². The van der Waals surface area contributed by atoms with Crippen LogP contribution in [0.3, 0.4) is 0 Å². The van der Waals surface area contributed by atoms with Gasteiger partial charge in [-0.2, -0.15) is 13.2 Å². The van der Waals surface area contributed by atoms with Crippen molar-refractivity contribution in [2.24, 2.45) is 5.92 Å². The molecule has 2 aromatic rings. The fourth-order valence-electron chi connectivity index (χ4n) is 3.33. The van der Waals surface area contributed by atoms with E-state index >= 15 is 0 Å². The number of rotatable bonds is 3. The number of nitrogens with zero attached hydrogens (tertiary/aromatic N) is 2. The Balaban J connectivity index is 1.71. The number of hydrogen-bond donors (Lipinski definition) is 1. The lowest BCUT2D eigenvalue weighted by molar-refractivity contribution is -0.141. The molecule has 29 heavy (non-hydrogen) atoms. The largest absolute Gasteiger partial charge is 0.433 e. The molecular formula is C20H19F4N3O2. The molecule has 5 nitrogen and oxygen atoms in total. The van der Waals surface area contributed by atoms with E-state index in [2.05, 4.69) is 10.3 Å². The number of pyridine rings is 1. The third-order valence-electron chi connectivity index (χ3n) is 4.81. The molecule has 154 valence electrons. The summed E-state index contributed by atoms with van der Waals surface area (Å²) in [4.78, 5) is 30.1. The Morgan fingerprint density at radius 2 is 1.90 bits per heavy atom. The van der Waals surface area contributed by atoms with E-state index < -0.39 is 35.4 Å². The SMILES string of the molecule is Cc1cccc(F)c1C(=O)N1CCC[C@H](C(=O)Nc2cccc(C(F)(F)F)n2)C1. The predicted molar refractivity (Wildman–Crippen MR) is 97.6 cm³/mol. The lowest BCUT2D eigenvalue weighted by atomic mass is 9.96. The molecule has 2 heterocycles. The van der Waals surface area contributed by atoms with Crippen molar-refractivity contribution in [1.82, 2.24) is 9.88 Å². The van der Waals surface area contributed by atoms with Crippen molar-refractivity contribution in [3.63, 3.8) is 0 Å². The maximum absolute atomic E-state index is 14.1. The molecule has 1 atom stereocenters. The van der Waals surface area contributed by atoms with Crippen LogP contribution >= 0.6 is 0 Å². The third kappa shape index (κ3) is 4.72. The van der Waals surface area contributed by atoms with E-state index in [1.54, 1.807) is 13.0 Å². The van der Waals surface area contributed by atoms with Gasteiger partial charge in [0.2, 0.25) is 5.91 Å². The van der Waals surface area contributed by atoms with E-state index in [1.807, 2.05) is 0 Å². The molecule has 0 bridgehead atoms. The lowest BCUT2D eigenvalue weighted by Crippen LogP contribution is -2.44. The summed E-state index contributed by atoms with van der Waals surface area (Å²) >= 11 is 0. The molecule has 2 amide bonds. The smallest absolute Gasteiger partial charge is 0.338 e. The maximum atomic E-state index is 14.1. The van der Waals surface area contributed by atoms with Gasteiger partial charge in [-0.25, -0.2) is 9.37 Å². The van der Waals surface area contributed by atoms with Crippen LogP contribution in [-0.4, -0.2) is 34.8 Å². The molecule has 1 aliphatic rings. The Kier molecular flexibility index (Phi) is 5.86. The molecule has 1 saturated heterocycles. The zero-order valence-corrected chi connectivity index (χ0v) is 15.6. The van der Waals surface area contributed by atoms with E-state index in [4.69, 9.17) is 0 Å². The zero-order valence-electron chi connectivity index (χ0n) is 15.6. The first kappa shape index (κ1) is 20.8. The van der Waals surface area contributed by atoms with Gasteiger partial charge in [0, 0.05) is 13.1 Å².